The van der Waals surface area contributed by atoms with Gasteiger partial charge in [-0.15, -0.1) is 0 Å². The third kappa shape index (κ3) is 44.6. The summed E-state index contributed by atoms with van der Waals surface area (Å²) in [6.07, 6.45) is 0. The lowest BCUT2D eigenvalue weighted by Crippen LogP contribution is -2.32. The molecule has 0 aromatic carbocycles. The minimum atomic E-state index is 1.07. The van der Waals surface area contributed by atoms with Gasteiger partial charge in [0.2, 0.25) is 0 Å². The summed E-state index contributed by atoms with van der Waals surface area (Å²) >= 11 is 0. The Morgan fingerprint density at radius 1 is 0.722 bits per heavy atom. The molecule has 4 nitrogen and oxygen atoms in total. The van der Waals surface area contributed by atoms with Crippen LogP contribution >= 0.6 is 0 Å². The van der Waals surface area contributed by atoms with Gasteiger partial charge in [0.25, 0.3) is 0 Å². The maximum atomic E-state index is 3.11. The Kier molecular flexibility index (Phi) is 52.8. The summed E-state index contributed by atoms with van der Waals surface area (Å²) < 4.78 is 0. The lowest BCUT2D eigenvalue weighted by molar-refractivity contribution is 0.336. The topological polar surface area (TPSA) is 39.3 Å². The average molecular weight is 265 g/mol. The Morgan fingerprint density at radius 3 is 1.17 bits per heavy atom. The van der Waals surface area contributed by atoms with Crippen LogP contribution in [0.1, 0.15) is 34.6 Å². The van der Waals surface area contributed by atoms with Crippen LogP contribution in [-0.2, 0) is 0 Å². The predicted molar refractivity (Wildman–Crippen MR) is 87.6 cm³/mol. The second-order valence-corrected chi connectivity index (χ2v) is 3.22. The lowest BCUT2D eigenvalue weighted by Gasteiger charge is -2.15. The van der Waals surface area contributed by atoms with Crippen molar-refractivity contribution in [1.29, 1.82) is 0 Å². The van der Waals surface area contributed by atoms with Gasteiger partial charge in [0.15, 0.2) is 0 Å². The van der Waals surface area contributed by atoms with Crippen molar-refractivity contribution in [2.75, 3.05) is 60.9 Å². The number of rotatable bonds is 7. The van der Waals surface area contributed by atoms with E-state index in [1.165, 1.54) is 0 Å². The van der Waals surface area contributed by atoms with Crippen molar-refractivity contribution >= 4 is 0 Å². The van der Waals surface area contributed by atoms with Crippen LogP contribution < -0.4 is 16.0 Å². The van der Waals surface area contributed by atoms with E-state index in [4.69, 9.17) is 0 Å². The van der Waals surface area contributed by atoms with Gasteiger partial charge in [-0.2, -0.15) is 0 Å². The maximum Gasteiger partial charge on any atom is 0.0104 e. The molecule has 3 N–H and O–H groups in total. The van der Waals surface area contributed by atoms with Gasteiger partial charge in [0.1, 0.15) is 0 Å². The minimum Gasteiger partial charge on any atom is -0.320 e. The van der Waals surface area contributed by atoms with Crippen molar-refractivity contribution in [1.82, 2.24) is 20.9 Å². The summed E-state index contributed by atoms with van der Waals surface area (Å²) in [5.74, 6) is 0. The van der Waals surface area contributed by atoms with Crippen molar-refractivity contribution in [2.45, 2.75) is 34.6 Å². The fraction of sp³-hybridized carbons (Fsp3) is 1.00. The smallest absolute Gasteiger partial charge is 0.0104 e. The van der Waals surface area contributed by atoms with Crippen LogP contribution in [0.3, 0.4) is 0 Å². The zero-order valence-electron chi connectivity index (χ0n) is 14.5. The summed E-state index contributed by atoms with van der Waals surface area (Å²) in [5, 5.41) is 9.16. The molecule has 0 unspecified atom stereocenters. The molecular weight excluding hydrogens is 224 g/mol. The molecule has 116 valence electrons. The molecule has 0 aliphatic carbocycles. The van der Waals surface area contributed by atoms with Crippen LogP contribution in [0, 0.1) is 0 Å². The molecule has 0 aromatic rings. The molecule has 0 aliphatic heterocycles. The van der Waals surface area contributed by atoms with Crippen molar-refractivity contribution in [3.05, 3.63) is 0 Å². The Hall–Kier alpha value is -0.160. The number of nitrogens with one attached hydrogen (secondary N) is 3. The van der Waals surface area contributed by atoms with E-state index in [0.717, 1.165) is 32.7 Å². The van der Waals surface area contributed by atoms with E-state index in [1.807, 2.05) is 48.8 Å². The molecule has 0 heterocycles. The van der Waals surface area contributed by atoms with Crippen LogP contribution in [-0.4, -0.2) is 65.8 Å². The Balaban J connectivity index is -0.000000102. The molecule has 0 amide bonds. The van der Waals surface area contributed by atoms with E-state index in [0.29, 0.717) is 0 Å². The molecule has 18 heavy (non-hydrogen) atoms. The second-order valence-electron chi connectivity index (χ2n) is 3.22. The molecule has 0 aromatic heterocycles. The molecule has 4 heteroatoms. The fourth-order valence-electron chi connectivity index (χ4n) is 0.717. The van der Waals surface area contributed by atoms with Crippen LogP contribution in [0.15, 0.2) is 0 Å². The monoisotopic (exact) mass is 264 g/mol. The van der Waals surface area contributed by atoms with Gasteiger partial charge in [-0.25, -0.2) is 0 Å². The zero-order valence-corrected chi connectivity index (χ0v) is 14.5. The first-order valence-electron chi connectivity index (χ1n) is 7.35. The molecule has 0 rings (SSSR count). The van der Waals surface area contributed by atoms with Gasteiger partial charge in [-0.3, -0.25) is 0 Å². The van der Waals surface area contributed by atoms with Crippen LogP contribution in [0.25, 0.3) is 0 Å². The van der Waals surface area contributed by atoms with E-state index in [9.17, 15) is 0 Å². The van der Waals surface area contributed by atoms with Crippen molar-refractivity contribution < 1.29 is 0 Å². The quantitative estimate of drug-likeness (QED) is 0.654. The van der Waals surface area contributed by atoms with Crippen LogP contribution in [0.5, 0.6) is 0 Å². The molecule has 0 bridgehead atoms. The summed E-state index contributed by atoms with van der Waals surface area (Å²) in [7, 11) is 8.02. The summed E-state index contributed by atoms with van der Waals surface area (Å²) in [5.41, 5.74) is 0. The van der Waals surface area contributed by atoms with E-state index in [2.05, 4.69) is 34.8 Å². The third-order valence-electron chi connectivity index (χ3n) is 1.84. The number of hydrogen-bond donors (Lipinski definition) is 3. The highest BCUT2D eigenvalue weighted by Crippen LogP contribution is 1.76. The average Bonchev–Trinajstić information content (AvgIpc) is 2.47. The largest absolute Gasteiger partial charge is 0.320 e. The molecule has 0 saturated carbocycles. The molecule has 0 spiro atoms. The van der Waals surface area contributed by atoms with Gasteiger partial charge in [-0.05, 0) is 34.7 Å². The molecule has 0 fully saturated rings. The number of likely N-dealkylation sites (N-methyl/N-ethyl adjacent to an activating group) is 3. The standard InChI is InChI=1S/C7H19N3.C3H9N.2C2H6/c1-8-4-6-10(3)7-5-9-2;1-3-4-2;2*1-2/h8-9H,4-7H2,1-3H3;4H,3H2,1-2H3;2*1-2H3. The van der Waals surface area contributed by atoms with Gasteiger partial charge in [0, 0.05) is 26.2 Å². The lowest BCUT2D eigenvalue weighted by atomic mass is 10.5. The number of nitrogens with zero attached hydrogens (tertiary/aromatic N) is 1. The Labute approximate surface area is 117 Å². The maximum absolute atomic E-state index is 3.11. The van der Waals surface area contributed by atoms with Gasteiger partial charge in [-0.1, -0.05) is 34.6 Å². The minimum absolute atomic E-state index is 1.07. The third-order valence-corrected chi connectivity index (χ3v) is 1.84. The van der Waals surface area contributed by atoms with Crippen LogP contribution in [0.2, 0.25) is 0 Å². The normalized spacial score (nSPS) is 8.33. The van der Waals surface area contributed by atoms with Crippen molar-refractivity contribution in [3.63, 3.8) is 0 Å². The van der Waals surface area contributed by atoms with Crippen LogP contribution in [0.4, 0.5) is 0 Å². The highest BCUT2D eigenvalue weighted by Gasteiger charge is 1.93. The molecule has 0 radical (unpaired) electrons. The van der Waals surface area contributed by atoms with E-state index < -0.39 is 0 Å². The first-order valence-corrected chi connectivity index (χ1v) is 7.35. The SMILES string of the molecule is CC.CC.CCNC.CNCCN(C)CCNC. The Bertz CT molecular complexity index is 79.9. The summed E-state index contributed by atoms with van der Waals surface area (Å²) in [4.78, 5) is 2.30. The van der Waals surface area contributed by atoms with Gasteiger partial charge < -0.3 is 20.9 Å². The van der Waals surface area contributed by atoms with E-state index in [1.54, 1.807) is 0 Å². The Morgan fingerprint density at radius 2 is 1.00 bits per heavy atom. The zero-order chi connectivity index (χ0) is 15.2. The molecule has 0 atom stereocenters. The molecule has 0 aliphatic rings. The van der Waals surface area contributed by atoms with Gasteiger partial charge in [0.05, 0.1) is 0 Å². The van der Waals surface area contributed by atoms with Crippen molar-refractivity contribution in [2.24, 2.45) is 0 Å². The number of hydrogen-bond acceptors (Lipinski definition) is 4. The van der Waals surface area contributed by atoms with Crippen molar-refractivity contribution in [3.8, 4) is 0 Å². The summed E-state index contributed by atoms with van der Waals surface area (Å²) in [6, 6.07) is 0. The van der Waals surface area contributed by atoms with E-state index >= 15 is 0 Å². The first-order chi connectivity index (χ1) is 8.72. The summed E-state index contributed by atoms with van der Waals surface area (Å²) in [6.45, 7) is 15.5. The fourth-order valence-corrected chi connectivity index (χ4v) is 0.717. The second kappa shape index (κ2) is 36.0. The first kappa shape index (κ1) is 26.4. The van der Waals surface area contributed by atoms with Gasteiger partial charge >= 0.3 is 0 Å². The molecule has 0 saturated heterocycles. The van der Waals surface area contributed by atoms with E-state index in [-0.39, 0.29) is 0 Å². The highest BCUT2D eigenvalue weighted by molar-refractivity contribution is 4.53. The predicted octanol–water partition coefficient (Wildman–Crippen LogP) is 1.64. The highest BCUT2D eigenvalue weighted by atomic mass is 15.1. The molecular formula is C14H40N4.